The van der Waals surface area contributed by atoms with E-state index in [4.69, 9.17) is 9.15 Å². The fourth-order valence-electron chi connectivity index (χ4n) is 3.83. The second kappa shape index (κ2) is 8.68. The maximum Gasteiger partial charge on any atom is 0.339 e. The monoisotopic (exact) mass is 401 g/mol. The lowest BCUT2D eigenvalue weighted by Crippen LogP contribution is -2.46. The van der Waals surface area contributed by atoms with Crippen molar-refractivity contribution in [2.24, 2.45) is 0 Å². The minimum absolute atomic E-state index is 0.304. The largest absolute Gasteiger partial charge is 0.480 e. The fraction of sp³-hybridized carbons (Fsp3) is 0.500. The number of hydrogen-bond donors (Lipinski definition) is 2. The van der Waals surface area contributed by atoms with Crippen molar-refractivity contribution in [2.45, 2.75) is 71.4 Å². The maximum absolute atomic E-state index is 12.4. The van der Waals surface area contributed by atoms with E-state index >= 15 is 0 Å². The van der Waals surface area contributed by atoms with Gasteiger partial charge >= 0.3 is 11.6 Å². The van der Waals surface area contributed by atoms with Gasteiger partial charge in [-0.25, -0.2) is 9.59 Å². The van der Waals surface area contributed by atoms with E-state index in [0.29, 0.717) is 29.7 Å². The molecule has 1 aromatic carbocycles. The van der Waals surface area contributed by atoms with Crippen molar-refractivity contribution in [1.82, 2.24) is 5.32 Å². The van der Waals surface area contributed by atoms with E-state index in [1.807, 2.05) is 13.0 Å². The first-order valence-corrected chi connectivity index (χ1v) is 10.1. The molecule has 1 amide bonds. The third-order valence-corrected chi connectivity index (χ3v) is 5.46. The number of carboxylic acid groups (broad SMARTS) is 1. The Balaban J connectivity index is 1.85. The number of rotatable bonds is 7. The lowest BCUT2D eigenvalue weighted by molar-refractivity contribution is -0.143. The lowest BCUT2D eigenvalue weighted by Gasteiger charge is -2.21. The standard InChI is InChI=1S/C22H27NO6/c1-4-7-17(21(25)26)23-20(24)13(3)28-18-11-10-15-14-8-5-6-9-16(14)22(27)29-19(15)12(18)2/h10-11,13,17H,4-9H2,1-3H3,(H,23,24)(H,25,26)/t13-,17-/m1/s1. The summed E-state index contributed by atoms with van der Waals surface area (Å²) in [5, 5.41) is 12.6. The minimum Gasteiger partial charge on any atom is -0.480 e. The highest BCUT2D eigenvalue weighted by Crippen LogP contribution is 2.32. The molecule has 7 nitrogen and oxygen atoms in total. The molecule has 29 heavy (non-hydrogen) atoms. The summed E-state index contributed by atoms with van der Waals surface area (Å²) in [6.45, 7) is 5.21. The number of carbonyl (C=O) groups excluding carboxylic acids is 1. The van der Waals surface area contributed by atoms with E-state index < -0.39 is 24.0 Å². The minimum atomic E-state index is -1.07. The van der Waals surface area contributed by atoms with Crippen molar-refractivity contribution in [2.75, 3.05) is 0 Å². The molecule has 0 fully saturated rings. The molecule has 0 saturated carbocycles. The molecule has 0 radical (unpaired) electrons. The van der Waals surface area contributed by atoms with E-state index in [-0.39, 0.29) is 5.63 Å². The molecule has 1 aliphatic rings. The molecule has 2 atom stereocenters. The van der Waals surface area contributed by atoms with Gasteiger partial charge in [-0.05, 0) is 63.6 Å². The van der Waals surface area contributed by atoms with E-state index in [1.165, 1.54) is 0 Å². The quantitative estimate of drug-likeness (QED) is 0.691. The second-order valence-corrected chi connectivity index (χ2v) is 7.57. The number of fused-ring (bicyclic) bond motifs is 3. The Morgan fingerprint density at radius 3 is 2.59 bits per heavy atom. The average molecular weight is 401 g/mol. The molecule has 0 unspecified atom stereocenters. The van der Waals surface area contributed by atoms with Gasteiger partial charge in [0.25, 0.3) is 5.91 Å². The van der Waals surface area contributed by atoms with Gasteiger partial charge in [0.05, 0.1) is 0 Å². The van der Waals surface area contributed by atoms with Crippen molar-refractivity contribution in [3.8, 4) is 5.75 Å². The van der Waals surface area contributed by atoms with E-state index in [1.54, 1.807) is 19.9 Å². The Morgan fingerprint density at radius 2 is 1.93 bits per heavy atom. The highest BCUT2D eigenvalue weighted by molar-refractivity contribution is 5.88. The van der Waals surface area contributed by atoms with Gasteiger partial charge in [0.15, 0.2) is 6.10 Å². The first-order valence-electron chi connectivity index (χ1n) is 10.1. The van der Waals surface area contributed by atoms with Crippen LogP contribution >= 0.6 is 0 Å². The van der Waals surface area contributed by atoms with Gasteiger partial charge in [-0.15, -0.1) is 0 Å². The van der Waals surface area contributed by atoms with Gasteiger partial charge in [0.2, 0.25) is 0 Å². The Bertz CT molecular complexity index is 993. The van der Waals surface area contributed by atoms with Crippen LogP contribution in [0.25, 0.3) is 11.0 Å². The van der Waals surface area contributed by atoms with E-state index in [0.717, 1.165) is 42.2 Å². The fourth-order valence-corrected chi connectivity index (χ4v) is 3.83. The van der Waals surface area contributed by atoms with Gasteiger partial charge in [-0.3, -0.25) is 4.79 Å². The van der Waals surface area contributed by atoms with Crippen LogP contribution in [0.2, 0.25) is 0 Å². The highest BCUT2D eigenvalue weighted by Gasteiger charge is 2.25. The smallest absolute Gasteiger partial charge is 0.339 e. The van der Waals surface area contributed by atoms with Gasteiger partial charge < -0.3 is 19.6 Å². The van der Waals surface area contributed by atoms with Crippen LogP contribution in [0.3, 0.4) is 0 Å². The number of ether oxygens (including phenoxy) is 1. The number of carbonyl (C=O) groups is 2. The molecule has 3 rings (SSSR count). The Kier molecular flexibility index (Phi) is 6.25. The zero-order chi connectivity index (χ0) is 21.1. The molecule has 0 saturated heterocycles. The third-order valence-electron chi connectivity index (χ3n) is 5.46. The summed E-state index contributed by atoms with van der Waals surface area (Å²) in [7, 11) is 0. The van der Waals surface area contributed by atoms with Crippen molar-refractivity contribution >= 4 is 22.8 Å². The lowest BCUT2D eigenvalue weighted by atomic mass is 9.90. The molecule has 0 bridgehead atoms. The average Bonchev–Trinajstić information content (AvgIpc) is 2.70. The summed E-state index contributed by atoms with van der Waals surface area (Å²) in [6.07, 6.45) is 3.72. The number of benzene rings is 1. The number of aryl methyl sites for hydroxylation is 2. The van der Waals surface area contributed by atoms with Crippen LogP contribution in [-0.4, -0.2) is 29.1 Å². The maximum atomic E-state index is 12.4. The number of aliphatic carboxylic acids is 1. The first kappa shape index (κ1) is 20.9. The third kappa shape index (κ3) is 4.28. The van der Waals surface area contributed by atoms with Crippen molar-refractivity contribution < 1.29 is 23.8 Å². The molecular formula is C22H27NO6. The zero-order valence-electron chi connectivity index (χ0n) is 17.0. The van der Waals surface area contributed by atoms with E-state index in [9.17, 15) is 19.5 Å². The summed E-state index contributed by atoms with van der Waals surface area (Å²) >= 11 is 0. The molecule has 7 heteroatoms. The van der Waals surface area contributed by atoms with Crippen LogP contribution in [0.5, 0.6) is 5.75 Å². The van der Waals surface area contributed by atoms with Crippen LogP contribution in [-0.2, 0) is 22.4 Å². The molecule has 1 heterocycles. The summed E-state index contributed by atoms with van der Waals surface area (Å²) in [5.41, 5.74) is 2.64. The first-order chi connectivity index (χ1) is 13.8. The highest BCUT2D eigenvalue weighted by atomic mass is 16.5. The molecule has 1 aromatic heterocycles. The Hall–Kier alpha value is -2.83. The normalized spacial score (nSPS) is 15.4. The van der Waals surface area contributed by atoms with Gasteiger partial charge in [0.1, 0.15) is 17.4 Å². The van der Waals surface area contributed by atoms with Crippen LogP contribution in [0.15, 0.2) is 21.3 Å². The van der Waals surface area contributed by atoms with Crippen LogP contribution in [0.4, 0.5) is 0 Å². The molecule has 2 N–H and O–H groups in total. The number of hydrogen-bond acceptors (Lipinski definition) is 5. The summed E-state index contributed by atoms with van der Waals surface area (Å²) < 4.78 is 11.4. The van der Waals surface area contributed by atoms with Crippen molar-refractivity contribution in [3.05, 3.63) is 39.2 Å². The van der Waals surface area contributed by atoms with Crippen LogP contribution in [0, 0.1) is 6.92 Å². The van der Waals surface area contributed by atoms with E-state index in [2.05, 4.69) is 5.32 Å². The van der Waals surface area contributed by atoms with Crippen molar-refractivity contribution in [1.29, 1.82) is 0 Å². The number of nitrogens with one attached hydrogen (secondary N) is 1. The predicted molar refractivity (Wildman–Crippen MR) is 108 cm³/mol. The molecule has 2 aromatic rings. The topological polar surface area (TPSA) is 106 Å². The molecule has 0 spiro atoms. The van der Waals surface area contributed by atoms with Gasteiger partial charge in [0, 0.05) is 16.5 Å². The zero-order valence-corrected chi connectivity index (χ0v) is 17.0. The van der Waals surface area contributed by atoms with Gasteiger partial charge in [-0.1, -0.05) is 13.3 Å². The summed E-state index contributed by atoms with van der Waals surface area (Å²) in [4.78, 5) is 36.0. The van der Waals surface area contributed by atoms with Crippen LogP contribution in [0.1, 0.15) is 56.2 Å². The molecule has 1 aliphatic carbocycles. The SMILES string of the molecule is CCC[C@@H](NC(=O)[C@@H](C)Oc1ccc2c3c(c(=O)oc2c1C)CCCC3)C(=O)O. The summed E-state index contributed by atoms with van der Waals surface area (Å²) in [5.74, 6) is -1.14. The van der Waals surface area contributed by atoms with Crippen molar-refractivity contribution in [3.63, 3.8) is 0 Å². The number of carboxylic acids is 1. The second-order valence-electron chi connectivity index (χ2n) is 7.57. The molecular weight excluding hydrogens is 374 g/mol. The Morgan fingerprint density at radius 1 is 1.24 bits per heavy atom. The summed E-state index contributed by atoms with van der Waals surface area (Å²) in [6, 6.07) is 2.70. The van der Waals surface area contributed by atoms with Crippen LogP contribution < -0.4 is 15.7 Å². The number of amides is 1. The predicted octanol–water partition coefficient (Wildman–Crippen LogP) is 3.12. The Labute approximate surface area is 169 Å². The molecule has 0 aliphatic heterocycles. The van der Waals surface area contributed by atoms with Gasteiger partial charge in [-0.2, -0.15) is 0 Å². The molecule has 156 valence electrons.